The van der Waals surface area contributed by atoms with Crippen molar-refractivity contribution in [3.05, 3.63) is 48.0 Å². The van der Waals surface area contributed by atoms with Crippen LogP contribution in [0.5, 0.6) is 11.5 Å². The Morgan fingerprint density at radius 2 is 1.77 bits per heavy atom. The summed E-state index contributed by atoms with van der Waals surface area (Å²) in [6.45, 7) is 7.15. The Morgan fingerprint density at radius 1 is 1.06 bits per heavy atom. The van der Waals surface area contributed by atoms with Crippen molar-refractivity contribution in [2.75, 3.05) is 43.6 Å². The van der Waals surface area contributed by atoms with Crippen LogP contribution in [0.2, 0.25) is 0 Å². The van der Waals surface area contributed by atoms with E-state index < -0.39 is 0 Å². The Labute approximate surface area is 183 Å². The molecule has 0 saturated heterocycles. The van der Waals surface area contributed by atoms with Crippen LogP contribution in [0.1, 0.15) is 26.3 Å². The zero-order valence-corrected chi connectivity index (χ0v) is 18.7. The topological polar surface area (TPSA) is 71.1 Å². The Kier molecular flexibility index (Phi) is 7.52. The van der Waals surface area contributed by atoms with Gasteiger partial charge in [-0.25, -0.2) is 0 Å². The highest BCUT2D eigenvalue weighted by Gasteiger charge is 2.30. The number of amides is 2. The molecule has 1 N–H and O–H groups in total. The quantitative estimate of drug-likeness (QED) is 0.667. The number of rotatable bonds is 9. The number of hydrogen-bond donors (Lipinski definition) is 1. The number of nitrogens with zero attached hydrogens (tertiary/aromatic N) is 2. The fourth-order valence-corrected chi connectivity index (χ4v) is 3.88. The Balaban J connectivity index is 1.57. The first-order valence-corrected chi connectivity index (χ1v) is 10.7. The third kappa shape index (κ3) is 5.55. The number of nitrogens with one attached hydrogen (secondary N) is 1. The van der Waals surface area contributed by atoms with E-state index in [4.69, 9.17) is 9.47 Å². The predicted octanol–water partition coefficient (Wildman–Crippen LogP) is 3.33. The number of carbonyl (C=O) groups is 2. The minimum atomic E-state index is -0.197. The summed E-state index contributed by atoms with van der Waals surface area (Å²) in [6, 6.07) is 13.4. The molecule has 0 bridgehead atoms. The Hall–Kier alpha value is -3.06. The van der Waals surface area contributed by atoms with Gasteiger partial charge in [0.25, 0.3) is 0 Å². The third-order valence-corrected chi connectivity index (χ3v) is 5.12. The van der Waals surface area contributed by atoms with E-state index in [9.17, 15) is 9.59 Å². The second-order valence-electron chi connectivity index (χ2n) is 7.69. The lowest BCUT2D eigenvalue weighted by atomic mass is 10.1. The maximum absolute atomic E-state index is 12.9. The van der Waals surface area contributed by atoms with Crippen molar-refractivity contribution in [1.82, 2.24) is 4.90 Å². The monoisotopic (exact) mass is 425 g/mol. The van der Waals surface area contributed by atoms with Crippen molar-refractivity contribution in [2.24, 2.45) is 0 Å². The molecular weight excluding hydrogens is 394 g/mol. The fraction of sp³-hybridized carbons (Fsp3) is 0.417. The molecule has 3 rings (SSSR count). The standard InChI is InChI=1S/C24H31N3O4/c1-5-30-21-12-11-19(14-22(21)31-6-2)25-23(28)15-26(4)16-24(29)27-17(3)13-18-9-7-8-10-20(18)27/h7-12,14,17H,5-6,13,15-16H2,1-4H3,(H,25,28)/t17-/m0/s1. The first kappa shape index (κ1) is 22.6. The Morgan fingerprint density at radius 3 is 2.52 bits per heavy atom. The van der Waals surface area contributed by atoms with Crippen molar-refractivity contribution in [1.29, 1.82) is 0 Å². The molecule has 1 aliphatic rings. The first-order valence-electron chi connectivity index (χ1n) is 10.7. The van der Waals surface area contributed by atoms with E-state index in [1.807, 2.05) is 43.9 Å². The predicted molar refractivity (Wildman–Crippen MR) is 122 cm³/mol. The van der Waals surface area contributed by atoms with E-state index in [-0.39, 0.29) is 30.9 Å². The lowest BCUT2D eigenvalue weighted by Crippen LogP contribution is -2.43. The highest BCUT2D eigenvalue weighted by molar-refractivity contribution is 5.98. The number of benzene rings is 2. The van der Waals surface area contributed by atoms with Gasteiger partial charge in [-0.1, -0.05) is 18.2 Å². The van der Waals surface area contributed by atoms with Gasteiger partial charge in [-0.05, 0) is 58.0 Å². The maximum atomic E-state index is 12.9. The minimum absolute atomic E-state index is 0.00699. The van der Waals surface area contributed by atoms with Crippen LogP contribution in [0.4, 0.5) is 11.4 Å². The third-order valence-electron chi connectivity index (χ3n) is 5.12. The van der Waals surface area contributed by atoms with E-state index in [0.717, 1.165) is 12.1 Å². The molecule has 2 aromatic carbocycles. The molecule has 1 aliphatic heterocycles. The molecule has 1 atom stereocenters. The average molecular weight is 426 g/mol. The van der Waals surface area contributed by atoms with E-state index in [1.54, 1.807) is 30.1 Å². The second-order valence-corrected chi connectivity index (χ2v) is 7.69. The Bertz CT molecular complexity index is 931. The fourth-order valence-electron chi connectivity index (χ4n) is 3.88. The molecule has 7 heteroatoms. The van der Waals surface area contributed by atoms with Crippen LogP contribution in [0.25, 0.3) is 0 Å². The summed E-state index contributed by atoms with van der Waals surface area (Å²) in [6.07, 6.45) is 0.853. The van der Waals surface area contributed by atoms with Gasteiger partial charge in [0.15, 0.2) is 11.5 Å². The zero-order valence-electron chi connectivity index (χ0n) is 18.7. The van der Waals surface area contributed by atoms with Gasteiger partial charge >= 0.3 is 0 Å². The van der Waals surface area contributed by atoms with Gasteiger partial charge in [0.2, 0.25) is 11.8 Å². The lowest BCUT2D eigenvalue weighted by Gasteiger charge is -2.25. The normalized spacial score (nSPS) is 15.0. The van der Waals surface area contributed by atoms with Crippen molar-refractivity contribution in [3.63, 3.8) is 0 Å². The summed E-state index contributed by atoms with van der Waals surface area (Å²) in [5.74, 6) is 1.03. The van der Waals surface area contributed by atoms with Crippen LogP contribution in [0.15, 0.2) is 42.5 Å². The number of likely N-dealkylation sites (N-methyl/N-ethyl adjacent to an activating group) is 1. The summed E-state index contributed by atoms with van der Waals surface area (Å²) >= 11 is 0. The molecule has 31 heavy (non-hydrogen) atoms. The molecule has 2 aromatic rings. The molecule has 0 unspecified atom stereocenters. The smallest absolute Gasteiger partial charge is 0.241 e. The molecule has 166 valence electrons. The molecule has 0 fully saturated rings. The van der Waals surface area contributed by atoms with Gasteiger partial charge in [-0.3, -0.25) is 14.5 Å². The van der Waals surface area contributed by atoms with Crippen molar-refractivity contribution < 1.29 is 19.1 Å². The van der Waals surface area contributed by atoms with Gasteiger partial charge in [-0.2, -0.15) is 0 Å². The number of fused-ring (bicyclic) bond motifs is 1. The summed E-state index contributed by atoms with van der Waals surface area (Å²) in [7, 11) is 1.77. The second kappa shape index (κ2) is 10.3. The van der Waals surface area contributed by atoms with E-state index >= 15 is 0 Å². The number of anilines is 2. The molecule has 0 aliphatic carbocycles. The minimum Gasteiger partial charge on any atom is -0.490 e. The molecule has 7 nitrogen and oxygen atoms in total. The van der Waals surface area contributed by atoms with Crippen LogP contribution < -0.4 is 19.7 Å². The highest BCUT2D eigenvalue weighted by atomic mass is 16.5. The average Bonchev–Trinajstić information content (AvgIpc) is 3.05. The van der Waals surface area contributed by atoms with Gasteiger partial charge < -0.3 is 19.7 Å². The van der Waals surface area contributed by atoms with E-state index in [1.165, 1.54) is 5.56 Å². The molecule has 0 aromatic heterocycles. The molecule has 1 heterocycles. The maximum Gasteiger partial charge on any atom is 0.241 e. The van der Waals surface area contributed by atoms with Crippen molar-refractivity contribution >= 4 is 23.2 Å². The van der Waals surface area contributed by atoms with E-state index in [0.29, 0.717) is 30.4 Å². The van der Waals surface area contributed by atoms with Gasteiger partial charge in [-0.15, -0.1) is 0 Å². The van der Waals surface area contributed by atoms with Crippen molar-refractivity contribution in [2.45, 2.75) is 33.2 Å². The number of para-hydroxylation sites is 1. The van der Waals surface area contributed by atoms with Crippen LogP contribution in [0.3, 0.4) is 0 Å². The number of hydrogen-bond acceptors (Lipinski definition) is 5. The summed E-state index contributed by atoms with van der Waals surface area (Å²) < 4.78 is 11.2. The number of ether oxygens (including phenoxy) is 2. The lowest BCUT2D eigenvalue weighted by molar-refractivity contribution is -0.121. The molecule has 2 amide bonds. The molecule has 0 saturated carbocycles. The van der Waals surface area contributed by atoms with Gasteiger partial charge in [0.1, 0.15) is 0 Å². The van der Waals surface area contributed by atoms with Crippen LogP contribution in [-0.2, 0) is 16.0 Å². The molecule has 0 radical (unpaired) electrons. The van der Waals surface area contributed by atoms with Crippen LogP contribution in [0, 0.1) is 0 Å². The van der Waals surface area contributed by atoms with Gasteiger partial charge in [0.05, 0.1) is 26.3 Å². The number of carbonyl (C=O) groups excluding carboxylic acids is 2. The van der Waals surface area contributed by atoms with Gasteiger partial charge in [0, 0.05) is 23.5 Å². The summed E-state index contributed by atoms with van der Waals surface area (Å²) in [5, 5.41) is 2.87. The molecule has 0 spiro atoms. The van der Waals surface area contributed by atoms with Crippen LogP contribution in [-0.4, -0.2) is 56.1 Å². The zero-order chi connectivity index (χ0) is 22.4. The molecular formula is C24H31N3O4. The first-order chi connectivity index (χ1) is 14.9. The van der Waals surface area contributed by atoms with Crippen LogP contribution >= 0.6 is 0 Å². The largest absolute Gasteiger partial charge is 0.490 e. The van der Waals surface area contributed by atoms with E-state index in [2.05, 4.69) is 11.4 Å². The summed E-state index contributed by atoms with van der Waals surface area (Å²) in [4.78, 5) is 29.0. The highest BCUT2D eigenvalue weighted by Crippen LogP contribution is 2.32. The summed E-state index contributed by atoms with van der Waals surface area (Å²) in [5.41, 5.74) is 2.78. The SMILES string of the molecule is CCOc1ccc(NC(=O)CN(C)CC(=O)N2c3ccccc3C[C@@H]2C)cc1OCC. The van der Waals surface area contributed by atoms with Crippen molar-refractivity contribution in [3.8, 4) is 11.5 Å².